The van der Waals surface area contributed by atoms with Crippen molar-refractivity contribution in [1.29, 1.82) is 0 Å². The SMILES string of the molecule is [2H]c1c([2H])c([2H])c2c(c1[2H])c1c([2H])c(-c3ccc4c(c3)c3cc(-c5ccccc5)ccc3n4-c3ccccc3-c3ccccc3)c([2H])c([2H])c1n2-c1cccc(-c2ccccc2)c1. The maximum absolute atomic E-state index is 9.95. The fourth-order valence-corrected chi connectivity index (χ4v) is 8.15. The van der Waals surface area contributed by atoms with Gasteiger partial charge in [-0.3, -0.25) is 0 Å². The maximum atomic E-state index is 9.95. The van der Waals surface area contributed by atoms with Gasteiger partial charge in [-0.1, -0.05) is 158 Å². The molecule has 11 rings (SSSR count). The highest BCUT2D eigenvalue weighted by Gasteiger charge is 2.19. The standard InChI is InChI=1S/C54H36N2/c1-4-15-37(16-5-1)40-21-14-22-44(33-40)55-51-26-13-11-24-46(51)47-35-42(28-30-52(47)55)43-29-32-54-49(36-43)48-34-41(38-17-6-2-7-18-38)27-31-53(48)56(54)50-25-12-10-23-45(50)39-19-8-3-9-20-39/h1-36H/i11D,13D,24D,26D,28D,30D,35D. The lowest BCUT2D eigenvalue weighted by Crippen LogP contribution is -1.97. The molecule has 2 nitrogen and oxygen atoms in total. The Morgan fingerprint density at radius 1 is 0.321 bits per heavy atom. The molecule has 0 aliphatic carbocycles. The second-order valence-electron chi connectivity index (χ2n) is 14.0. The van der Waals surface area contributed by atoms with E-state index in [1.54, 1.807) is 4.57 Å². The van der Waals surface area contributed by atoms with Crippen molar-refractivity contribution >= 4 is 43.6 Å². The summed E-state index contributed by atoms with van der Waals surface area (Å²) in [7, 11) is 0. The molecule has 0 N–H and O–H groups in total. The third-order valence-electron chi connectivity index (χ3n) is 10.8. The molecule has 0 saturated heterocycles. The molecule has 0 aliphatic rings. The summed E-state index contributed by atoms with van der Waals surface area (Å²) < 4.78 is 69.0. The van der Waals surface area contributed by atoms with Crippen molar-refractivity contribution in [3.05, 3.63) is 218 Å². The normalized spacial score (nSPS) is 13.3. The van der Waals surface area contributed by atoms with Gasteiger partial charge >= 0.3 is 0 Å². The Labute approximate surface area is 335 Å². The number of hydrogen-bond donors (Lipinski definition) is 0. The minimum absolute atomic E-state index is 0.0820. The summed E-state index contributed by atoms with van der Waals surface area (Å²) in [6.45, 7) is 0. The first kappa shape index (κ1) is 25.6. The predicted octanol–water partition coefficient (Wildman–Crippen LogP) is 14.5. The number of benzene rings is 9. The average molecular weight is 720 g/mol. The first-order valence-electron chi connectivity index (χ1n) is 22.2. The van der Waals surface area contributed by atoms with E-state index in [0.717, 1.165) is 60.9 Å². The Hall–Kier alpha value is -7.42. The molecule has 2 aromatic heterocycles. The lowest BCUT2D eigenvalue weighted by Gasteiger charge is -2.14. The van der Waals surface area contributed by atoms with E-state index >= 15 is 0 Å². The highest BCUT2D eigenvalue weighted by atomic mass is 15.0. The maximum Gasteiger partial charge on any atom is 0.0645 e. The van der Waals surface area contributed by atoms with Gasteiger partial charge in [-0.25, -0.2) is 0 Å². The third-order valence-corrected chi connectivity index (χ3v) is 10.8. The molecule has 0 bridgehead atoms. The quantitative estimate of drug-likeness (QED) is 0.162. The van der Waals surface area contributed by atoms with Gasteiger partial charge in [-0.15, -0.1) is 0 Å². The molecule has 0 aliphatic heterocycles. The van der Waals surface area contributed by atoms with Gasteiger partial charge < -0.3 is 9.13 Å². The summed E-state index contributed by atoms with van der Waals surface area (Å²) in [6, 6.07) is 56.8. The Kier molecular flexibility index (Phi) is 6.01. The molecule has 262 valence electrons. The Morgan fingerprint density at radius 3 is 1.57 bits per heavy atom. The van der Waals surface area contributed by atoms with E-state index in [2.05, 4.69) is 59.2 Å². The summed E-state index contributed by atoms with van der Waals surface area (Å²) in [4.78, 5) is 0. The molecule has 9 aromatic carbocycles. The van der Waals surface area contributed by atoms with Crippen LogP contribution in [0.15, 0.2) is 218 Å². The van der Waals surface area contributed by atoms with Crippen molar-refractivity contribution in [2.75, 3.05) is 0 Å². The van der Waals surface area contributed by atoms with Crippen LogP contribution in [0, 0.1) is 0 Å². The van der Waals surface area contributed by atoms with E-state index in [0.29, 0.717) is 11.3 Å². The molecule has 0 atom stereocenters. The summed E-state index contributed by atoms with van der Waals surface area (Å²) in [5.41, 5.74) is 10.7. The average Bonchev–Trinajstić information content (AvgIpc) is 3.87. The molecule has 0 radical (unpaired) electrons. The topological polar surface area (TPSA) is 9.86 Å². The molecule has 56 heavy (non-hydrogen) atoms. The second-order valence-corrected chi connectivity index (χ2v) is 14.0. The monoisotopic (exact) mass is 719 g/mol. The van der Waals surface area contributed by atoms with E-state index in [9.17, 15) is 6.85 Å². The molecule has 0 unspecified atom stereocenters. The van der Waals surface area contributed by atoms with Gasteiger partial charge in [-0.2, -0.15) is 0 Å². The third kappa shape index (κ3) is 5.26. The summed E-state index contributed by atoms with van der Waals surface area (Å²) in [5, 5.41) is 2.22. The molecule has 0 amide bonds. The van der Waals surface area contributed by atoms with Crippen LogP contribution >= 0.6 is 0 Å². The van der Waals surface area contributed by atoms with E-state index in [4.69, 9.17) is 2.74 Å². The number of nitrogens with zero attached hydrogens (tertiary/aromatic N) is 2. The van der Waals surface area contributed by atoms with Gasteiger partial charge in [0, 0.05) is 32.8 Å². The van der Waals surface area contributed by atoms with E-state index in [-0.39, 0.29) is 57.6 Å². The number of rotatable bonds is 6. The molecular formula is C54H36N2. The van der Waals surface area contributed by atoms with Crippen molar-refractivity contribution in [3.63, 3.8) is 0 Å². The van der Waals surface area contributed by atoms with Gasteiger partial charge in [0.15, 0.2) is 0 Å². The van der Waals surface area contributed by atoms with Gasteiger partial charge in [0.25, 0.3) is 0 Å². The van der Waals surface area contributed by atoms with Gasteiger partial charge in [0.05, 0.1) is 37.3 Å². The van der Waals surface area contributed by atoms with Gasteiger partial charge in [0.1, 0.15) is 0 Å². The summed E-state index contributed by atoms with van der Waals surface area (Å²) >= 11 is 0. The molecular weight excluding hydrogens is 677 g/mol. The Bertz CT molecular complexity index is 3630. The molecule has 0 spiro atoms. The van der Waals surface area contributed by atoms with Crippen LogP contribution in [0.3, 0.4) is 0 Å². The zero-order chi connectivity index (χ0) is 43.1. The zero-order valence-electron chi connectivity index (χ0n) is 37.1. The van der Waals surface area contributed by atoms with E-state index < -0.39 is 12.1 Å². The Balaban J connectivity index is 1.21. The number of hydrogen-bond acceptors (Lipinski definition) is 0. The minimum Gasteiger partial charge on any atom is -0.309 e. The first-order valence-corrected chi connectivity index (χ1v) is 18.7. The van der Waals surface area contributed by atoms with Crippen molar-refractivity contribution in [3.8, 4) is 55.9 Å². The highest BCUT2D eigenvalue weighted by molar-refractivity contribution is 6.13. The van der Waals surface area contributed by atoms with Crippen LogP contribution in [0.5, 0.6) is 0 Å². The number of para-hydroxylation sites is 2. The van der Waals surface area contributed by atoms with Gasteiger partial charge in [0.2, 0.25) is 0 Å². The number of fused-ring (bicyclic) bond motifs is 6. The van der Waals surface area contributed by atoms with Crippen LogP contribution in [-0.4, -0.2) is 9.13 Å². The zero-order valence-corrected chi connectivity index (χ0v) is 30.1. The summed E-state index contributed by atoms with van der Waals surface area (Å²) in [6.07, 6.45) is 0. The number of aromatic nitrogens is 2. The van der Waals surface area contributed by atoms with Crippen molar-refractivity contribution in [2.45, 2.75) is 0 Å². The van der Waals surface area contributed by atoms with Crippen molar-refractivity contribution in [2.24, 2.45) is 0 Å². The van der Waals surface area contributed by atoms with Crippen LogP contribution in [-0.2, 0) is 0 Å². The fourth-order valence-electron chi connectivity index (χ4n) is 8.15. The van der Waals surface area contributed by atoms with E-state index in [1.807, 2.05) is 121 Å². The highest BCUT2D eigenvalue weighted by Crippen LogP contribution is 2.41. The van der Waals surface area contributed by atoms with E-state index in [1.165, 1.54) is 0 Å². The van der Waals surface area contributed by atoms with Gasteiger partial charge in [-0.05, 0) is 99.5 Å². The minimum atomic E-state index is -0.425. The van der Waals surface area contributed by atoms with Crippen LogP contribution in [0.2, 0.25) is 0 Å². The first-order chi connectivity index (χ1) is 30.7. The second kappa shape index (κ2) is 13.2. The summed E-state index contributed by atoms with van der Waals surface area (Å²) in [5.74, 6) is 0. The van der Waals surface area contributed by atoms with Crippen LogP contribution in [0.4, 0.5) is 0 Å². The molecule has 2 heteroatoms. The molecule has 2 heterocycles. The largest absolute Gasteiger partial charge is 0.309 e. The predicted molar refractivity (Wildman–Crippen MR) is 237 cm³/mol. The lowest BCUT2D eigenvalue weighted by atomic mass is 9.99. The molecule has 11 aromatic rings. The van der Waals surface area contributed by atoms with Crippen LogP contribution in [0.1, 0.15) is 9.60 Å². The lowest BCUT2D eigenvalue weighted by molar-refractivity contribution is 1.18. The fraction of sp³-hybridized carbons (Fsp3) is 0. The van der Waals surface area contributed by atoms with Crippen molar-refractivity contribution < 1.29 is 9.60 Å². The van der Waals surface area contributed by atoms with Crippen LogP contribution in [0.25, 0.3) is 99.5 Å². The van der Waals surface area contributed by atoms with Crippen molar-refractivity contribution in [1.82, 2.24) is 9.13 Å². The molecule has 0 saturated carbocycles. The Morgan fingerprint density at radius 2 is 0.875 bits per heavy atom. The smallest absolute Gasteiger partial charge is 0.0645 e. The molecule has 0 fully saturated rings. The van der Waals surface area contributed by atoms with Crippen LogP contribution < -0.4 is 0 Å².